The van der Waals surface area contributed by atoms with Crippen molar-refractivity contribution in [2.24, 2.45) is 19.8 Å². The molecule has 3 rings (SSSR count). The molecule has 1 aromatic carbocycles. The highest BCUT2D eigenvalue weighted by atomic mass is 16.3. The standard InChI is InChI=1S/C14H15N3O2/c1-16-11-4-3-9(7-12(11)17(2)14(16)18)13(15)10-5-6-19-8-10/h3-8,13H,15H2,1-2H3. The molecular weight excluding hydrogens is 242 g/mol. The van der Waals surface area contributed by atoms with Crippen LogP contribution in [0.1, 0.15) is 17.2 Å². The van der Waals surface area contributed by atoms with Crippen LogP contribution in [0.15, 0.2) is 46.0 Å². The summed E-state index contributed by atoms with van der Waals surface area (Å²) in [5, 5.41) is 0. The number of hydrogen-bond donors (Lipinski definition) is 1. The van der Waals surface area contributed by atoms with E-state index in [9.17, 15) is 4.79 Å². The Bertz CT molecular complexity index is 781. The molecule has 2 N–H and O–H groups in total. The van der Waals surface area contributed by atoms with Crippen LogP contribution in [0.25, 0.3) is 11.0 Å². The number of furan rings is 1. The summed E-state index contributed by atoms with van der Waals surface area (Å²) in [5.41, 5.74) is 9.80. The van der Waals surface area contributed by atoms with Crippen LogP contribution in [0.4, 0.5) is 0 Å². The minimum atomic E-state index is -0.251. The highest BCUT2D eigenvalue weighted by Gasteiger charge is 2.13. The summed E-state index contributed by atoms with van der Waals surface area (Å²) < 4.78 is 8.31. The summed E-state index contributed by atoms with van der Waals surface area (Å²) in [4.78, 5) is 11.9. The van der Waals surface area contributed by atoms with E-state index in [0.717, 1.165) is 22.2 Å². The molecule has 0 amide bonds. The number of fused-ring (bicyclic) bond motifs is 1. The zero-order valence-electron chi connectivity index (χ0n) is 10.8. The van der Waals surface area contributed by atoms with Crippen molar-refractivity contribution >= 4 is 11.0 Å². The van der Waals surface area contributed by atoms with Gasteiger partial charge in [-0.15, -0.1) is 0 Å². The van der Waals surface area contributed by atoms with E-state index in [1.165, 1.54) is 0 Å². The first-order valence-electron chi connectivity index (χ1n) is 6.02. The second-order valence-electron chi connectivity index (χ2n) is 4.68. The molecule has 1 atom stereocenters. The van der Waals surface area contributed by atoms with Crippen molar-refractivity contribution < 1.29 is 4.42 Å². The fraction of sp³-hybridized carbons (Fsp3) is 0.214. The van der Waals surface area contributed by atoms with E-state index >= 15 is 0 Å². The monoisotopic (exact) mass is 257 g/mol. The van der Waals surface area contributed by atoms with Crippen molar-refractivity contribution in [1.82, 2.24) is 9.13 Å². The third-order valence-electron chi connectivity index (χ3n) is 3.56. The Morgan fingerprint density at radius 3 is 2.53 bits per heavy atom. The summed E-state index contributed by atoms with van der Waals surface area (Å²) in [6.45, 7) is 0. The Kier molecular flexibility index (Phi) is 2.57. The Balaban J connectivity index is 2.17. The Labute approximate surface area is 109 Å². The maximum atomic E-state index is 11.9. The molecular formula is C14H15N3O2. The Morgan fingerprint density at radius 2 is 1.84 bits per heavy atom. The Morgan fingerprint density at radius 1 is 1.11 bits per heavy atom. The maximum absolute atomic E-state index is 11.9. The number of hydrogen-bond acceptors (Lipinski definition) is 3. The fourth-order valence-electron chi connectivity index (χ4n) is 2.36. The van der Waals surface area contributed by atoms with E-state index in [4.69, 9.17) is 10.2 Å². The quantitative estimate of drug-likeness (QED) is 0.757. The van der Waals surface area contributed by atoms with Crippen molar-refractivity contribution in [2.45, 2.75) is 6.04 Å². The van der Waals surface area contributed by atoms with Crippen LogP contribution in [0, 0.1) is 0 Å². The van der Waals surface area contributed by atoms with E-state index in [1.807, 2.05) is 24.3 Å². The van der Waals surface area contributed by atoms with Gasteiger partial charge in [0, 0.05) is 19.7 Å². The smallest absolute Gasteiger partial charge is 0.328 e. The lowest BCUT2D eigenvalue weighted by atomic mass is 10.0. The molecule has 0 aliphatic carbocycles. The molecule has 2 aromatic heterocycles. The predicted molar refractivity (Wildman–Crippen MR) is 72.9 cm³/mol. The number of nitrogens with two attached hydrogens (primary N) is 1. The molecule has 0 aliphatic rings. The molecule has 0 saturated carbocycles. The van der Waals surface area contributed by atoms with Crippen LogP contribution in [0.2, 0.25) is 0 Å². The van der Waals surface area contributed by atoms with Gasteiger partial charge in [0.1, 0.15) is 0 Å². The average Bonchev–Trinajstić information content (AvgIpc) is 3.03. The van der Waals surface area contributed by atoms with Gasteiger partial charge < -0.3 is 10.2 Å². The highest BCUT2D eigenvalue weighted by Crippen LogP contribution is 2.23. The van der Waals surface area contributed by atoms with Crippen molar-refractivity contribution in [3.63, 3.8) is 0 Å². The molecule has 1 unspecified atom stereocenters. The minimum Gasteiger partial charge on any atom is -0.472 e. The molecule has 0 fully saturated rings. The van der Waals surface area contributed by atoms with Crippen molar-refractivity contribution in [3.05, 3.63) is 58.4 Å². The van der Waals surface area contributed by atoms with Crippen LogP contribution in [-0.2, 0) is 14.1 Å². The zero-order chi connectivity index (χ0) is 13.6. The zero-order valence-corrected chi connectivity index (χ0v) is 10.8. The third kappa shape index (κ3) is 1.70. The molecule has 5 heteroatoms. The topological polar surface area (TPSA) is 66.1 Å². The summed E-state index contributed by atoms with van der Waals surface area (Å²) in [6, 6.07) is 7.41. The number of benzene rings is 1. The molecule has 0 saturated heterocycles. The summed E-state index contributed by atoms with van der Waals surface area (Å²) in [5.74, 6) is 0. The van der Waals surface area contributed by atoms with Crippen LogP contribution < -0.4 is 11.4 Å². The summed E-state index contributed by atoms with van der Waals surface area (Å²) >= 11 is 0. The number of aryl methyl sites for hydroxylation is 2. The van der Waals surface area contributed by atoms with Gasteiger partial charge in [0.15, 0.2) is 0 Å². The van der Waals surface area contributed by atoms with Gasteiger partial charge in [-0.1, -0.05) is 6.07 Å². The largest absolute Gasteiger partial charge is 0.472 e. The van der Waals surface area contributed by atoms with Crippen LogP contribution in [-0.4, -0.2) is 9.13 Å². The molecule has 0 spiro atoms. The summed E-state index contributed by atoms with van der Waals surface area (Å²) in [7, 11) is 3.53. The molecule has 5 nitrogen and oxygen atoms in total. The van der Waals surface area contributed by atoms with Gasteiger partial charge in [0.25, 0.3) is 0 Å². The van der Waals surface area contributed by atoms with E-state index in [0.29, 0.717) is 0 Å². The van der Waals surface area contributed by atoms with Crippen LogP contribution >= 0.6 is 0 Å². The predicted octanol–water partition coefficient (Wildman–Crippen LogP) is 1.52. The van der Waals surface area contributed by atoms with E-state index < -0.39 is 0 Å². The van der Waals surface area contributed by atoms with Crippen molar-refractivity contribution in [3.8, 4) is 0 Å². The van der Waals surface area contributed by atoms with Gasteiger partial charge in [-0.25, -0.2) is 4.79 Å². The third-order valence-corrected chi connectivity index (χ3v) is 3.56. The first-order chi connectivity index (χ1) is 9.09. The number of imidazole rings is 1. The first-order valence-corrected chi connectivity index (χ1v) is 6.02. The van der Waals surface area contributed by atoms with Gasteiger partial charge in [-0.2, -0.15) is 0 Å². The lowest BCUT2D eigenvalue weighted by molar-refractivity contribution is 0.562. The maximum Gasteiger partial charge on any atom is 0.328 e. The van der Waals surface area contributed by atoms with Crippen molar-refractivity contribution in [1.29, 1.82) is 0 Å². The van der Waals surface area contributed by atoms with Gasteiger partial charge in [0.05, 0.1) is 29.6 Å². The Hall–Kier alpha value is -2.27. The lowest BCUT2D eigenvalue weighted by Gasteiger charge is -2.10. The number of aromatic nitrogens is 2. The second-order valence-corrected chi connectivity index (χ2v) is 4.68. The normalized spacial score (nSPS) is 13.0. The van der Waals surface area contributed by atoms with E-state index in [-0.39, 0.29) is 11.7 Å². The molecule has 19 heavy (non-hydrogen) atoms. The van der Waals surface area contributed by atoms with E-state index in [1.54, 1.807) is 35.8 Å². The van der Waals surface area contributed by atoms with Gasteiger partial charge in [0.2, 0.25) is 0 Å². The molecule has 0 aliphatic heterocycles. The number of nitrogens with zero attached hydrogens (tertiary/aromatic N) is 2. The highest BCUT2D eigenvalue weighted by molar-refractivity contribution is 5.77. The van der Waals surface area contributed by atoms with Gasteiger partial charge in [-0.3, -0.25) is 9.13 Å². The van der Waals surface area contributed by atoms with Crippen molar-refractivity contribution in [2.75, 3.05) is 0 Å². The lowest BCUT2D eigenvalue weighted by Crippen LogP contribution is -2.19. The first kappa shape index (κ1) is 11.8. The SMILES string of the molecule is Cn1c(=O)n(C)c2cc(C(N)c3ccoc3)ccc21. The second kappa shape index (κ2) is 4.13. The van der Waals surface area contributed by atoms with Gasteiger partial charge >= 0.3 is 5.69 Å². The molecule has 0 bridgehead atoms. The van der Waals surface area contributed by atoms with E-state index in [2.05, 4.69) is 0 Å². The van der Waals surface area contributed by atoms with Crippen LogP contribution in [0.3, 0.4) is 0 Å². The fourth-order valence-corrected chi connectivity index (χ4v) is 2.36. The molecule has 0 radical (unpaired) electrons. The number of rotatable bonds is 2. The minimum absolute atomic E-state index is 0.0379. The van der Waals surface area contributed by atoms with Gasteiger partial charge in [-0.05, 0) is 23.8 Å². The molecule has 2 heterocycles. The molecule has 3 aromatic rings. The summed E-state index contributed by atoms with van der Waals surface area (Å²) in [6.07, 6.45) is 3.24. The average molecular weight is 257 g/mol. The molecule has 98 valence electrons. The van der Waals surface area contributed by atoms with Crippen LogP contribution in [0.5, 0.6) is 0 Å².